The first-order chi connectivity index (χ1) is 36.7. The van der Waals surface area contributed by atoms with Crippen LogP contribution in [0.25, 0.3) is 33.4 Å². The highest BCUT2D eigenvalue weighted by molar-refractivity contribution is 5.94. The molecule has 0 fully saturated rings. The summed E-state index contributed by atoms with van der Waals surface area (Å²) in [5, 5.41) is 0. The molecule has 0 N–H and O–H groups in total. The Bertz CT molecular complexity index is 4030. The van der Waals surface area contributed by atoms with Crippen molar-refractivity contribution in [2.45, 2.75) is 82.5 Å². The smallest absolute Gasteiger partial charge is 0.132 e. The van der Waals surface area contributed by atoms with Gasteiger partial charge >= 0.3 is 0 Å². The predicted octanol–water partition coefficient (Wildman–Crippen LogP) is 19.0. The Morgan fingerprint density at radius 1 is 0.289 bits per heavy atom. The molecule has 3 heteroatoms. The van der Waals surface area contributed by atoms with Crippen LogP contribution >= 0.6 is 0 Å². The highest BCUT2D eigenvalue weighted by atomic mass is 16.5. The minimum Gasteiger partial charge on any atom is -0.457 e. The molecule has 0 bridgehead atoms. The number of ether oxygens (including phenoxy) is 2. The molecule has 3 nitrogen and oxygen atoms in total. The Balaban J connectivity index is 1.03. The molecule has 76 heavy (non-hydrogen) atoms. The van der Waals surface area contributed by atoms with Crippen LogP contribution in [-0.4, -0.2) is 0 Å². The van der Waals surface area contributed by atoms with Crippen LogP contribution in [0.15, 0.2) is 212 Å². The first-order valence-corrected chi connectivity index (χ1v) is 27.1. The Morgan fingerprint density at radius 2 is 0.618 bits per heavy atom. The van der Waals surface area contributed by atoms with Crippen LogP contribution in [-0.2, 0) is 27.1 Å². The van der Waals surface area contributed by atoms with Crippen molar-refractivity contribution in [1.29, 1.82) is 0 Å². The van der Waals surface area contributed by atoms with Crippen molar-refractivity contribution in [2.24, 2.45) is 0 Å². The lowest BCUT2D eigenvalue weighted by Gasteiger charge is -2.41. The van der Waals surface area contributed by atoms with E-state index in [1.54, 1.807) is 0 Å². The molecule has 0 saturated heterocycles. The van der Waals surface area contributed by atoms with E-state index in [1.165, 1.54) is 77.9 Å². The fourth-order valence-electron chi connectivity index (χ4n) is 14.3. The first kappa shape index (κ1) is 45.0. The van der Waals surface area contributed by atoms with Gasteiger partial charge in [-0.3, -0.25) is 0 Å². The summed E-state index contributed by atoms with van der Waals surface area (Å²) in [4.78, 5) is 2.52. The molecule has 0 saturated carbocycles. The van der Waals surface area contributed by atoms with Gasteiger partial charge in [-0.15, -0.1) is 0 Å². The fourth-order valence-corrected chi connectivity index (χ4v) is 14.3. The van der Waals surface area contributed by atoms with Gasteiger partial charge in [0.2, 0.25) is 0 Å². The SMILES string of the molecule is CC(C)(C)c1ccc2c(c1)C1(c3ccccc3Oc3ccc(N(c4ccc5c(c4)C(C)(C)c4ccccc4-5)c4ccc5c(c4)C4(c6ccccc6Oc6ccccc64)c4ccccc4-5)cc31)c1cc(C(C)(C)C)ccc1-2. The van der Waals surface area contributed by atoms with E-state index in [9.17, 15) is 0 Å². The first-order valence-electron chi connectivity index (χ1n) is 27.1. The number of anilines is 3. The summed E-state index contributed by atoms with van der Waals surface area (Å²) in [7, 11) is 0. The Morgan fingerprint density at radius 3 is 1.12 bits per heavy atom. The average molecular weight is 982 g/mol. The van der Waals surface area contributed by atoms with Gasteiger partial charge in [0.25, 0.3) is 0 Å². The lowest BCUT2D eigenvalue weighted by molar-refractivity contribution is 0.436. The van der Waals surface area contributed by atoms with Gasteiger partial charge < -0.3 is 14.4 Å². The summed E-state index contributed by atoms with van der Waals surface area (Å²) >= 11 is 0. The lowest BCUT2D eigenvalue weighted by Crippen LogP contribution is -2.33. The normalized spacial score (nSPS) is 15.6. The molecule has 0 radical (unpaired) electrons. The van der Waals surface area contributed by atoms with Crippen molar-refractivity contribution in [3.63, 3.8) is 0 Å². The molecular weight excluding hydrogens is 923 g/mol. The van der Waals surface area contributed by atoms with Gasteiger partial charge in [-0.05, 0) is 149 Å². The Labute approximate surface area is 447 Å². The van der Waals surface area contributed by atoms with E-state index in [4.69, 9.17) is 9.47 Å². The standard InChI is InChI=1S/C73H59NO2/c1-69(2,3)44-29-34-52-53-35-30-45(70(4,5)6)40-62(53)73(61(52)39-44)59-25-15-18-28-67(59)76-68-38-33-48(43-64(68)73)74(46-31-36-51-49-19-9-11-21-55(49)71(7,8)60(51)41-46)47-32-37-54-50-20-10-12-22-56(50)72(63(54)42-47)57-23-13-16-26-65(57)75-66-27-17-14-24-58(66)72/h9-43H,1-8H3. The number of rotatable bonds is 3. The molecule has 5 aliphatic rings. The van der Waals surface area contributed by atoms with E-state index in [0.717, 1.165) is 62.3 Å². The van der Waals surface area contributed by atoms with E-state index in [2.05, 4.69) is 273 Å². The minimum absolute atomic E-state index is 0.0786. The number of hydrogen-bond acceptors (Lipinski definition) is 3. The summed E-state index contributed by atoms with van der Waals surface area (Å²) in [6.45, 7) is 18.7. The van der Waals surface area contributed by atoms with E-state index in [0.29, 0.717) is 0 Å². The van der Waals surface area contributed by atoms with Crippen LogP contribution in [0.2, 0.25) is 0 Å². The summed E-state index contributed by atoms with van der Waals surface area (Å²) in [5.41, 5.74) is 24.1. The van der Waals surface area contributed by atoms with Crippen LogP contribution in [0.3, 0.4) is 0 Å². The van der Waals surface area contributed by atoms with Crippen molar-refractivity contribution in [1.82, 2.24) is 0 Å². The van der Waals surface area contributed by atoms with Crippen LogP contribution in [0.4, 0.5) is 17.1 Å². The number of fused-ring (bicyclic) bond motifs is 21. The van der Waals surface area contributed by atoms with Crippen molar-refractivity contribution in [2.75, 3.05) is 4.90 Å². The van der Waals surface area contributed by atoms with E-state index in [1.807, 2.05) is 0 Å². The molecule has 10 aromatic rings. The molecule has 0 amide bonds. The zero-order valence-electron chi connectivity index (χ0n) is 44.5. The second-order valence-corrected chi connectivity index (χ2v) is 24.4. The molecule has 0 aromatic heterocycles. The summed E-state index contributed by atoms with van der Waals surface area (Å²) in [6, 6.07) is 80.0. The molecule has 2 heterocycles. The molecule has 0 unspecified atom stereocenters. The molecule has 0 atom stereocenters. The predicted molar refractivity (Wildman–Crippen MR) is 311 cm³/mol. The van der Waals surface area contributed by atoms with Crippen molar-refractivity contribution < 1.29 is 9.47 Å². The van der Waals surface area contributed by atoms with Crippen LogP contribution in [0, 0.1) is 0 Å². The number of hydrogen-bond donors (Lipinski definition) is 0. The fraction of sp³-hybridized carbons (Fsp3) is 0.178. The molecule has 3 aliphatic carbocycles. The Kier molecular flexibility index (Phi) is 9.10. The second kappa shape index (κ2) is 15.4. The number of nitrogens with zero attached hydrogens (tertiary/aromatic N) is 1. The van der Waals surface area contributed by atoms with Gasteiger partial charge in [0.15, 0.2) is 0 Å². The third-order valence-corrected chi connectivity index (χ3v) is 17.9. The molecule has 2 spiro atoms. The average Bonchev–Trinajstić information content (AvgIpc) is 4.19. The monoisotopic (exact) mass is 981 g/mol. The van der Waals surface area contributed by atoms with Gasteiger partial charge in [0.05, 0.1) is 10.8 Å². The van der Waals surface area contributed by atoms with Gasteiger partial charge in [-0.1, -0.05) is 207 Å². The zero-order chi connectivity index (χ0) is 51.7. The third-order valence-electron chi connectivity index (χ3n) is 17.9. The Hall–Kier alpha value is -8.40. The van der Waals surface area contributed by atoms with Gasteiger partial charge in [0.1, 0.15) is 23.0 Å². The molecule has 10 aromatic carbocycles. The van der Waals surface area contributed by atoms with Crippen molar-refractivity contribution in [3.05, 3.63) is 279 Å². The van der Waals surface area contributed by atoms with Crippen molar-refractivity contribution in [3.8, 4) is 56.4 Å². The van der Waals surface area contributed by atoms with Crippen LogP contribution in [0.1, 0.15) is 122 Å². The summed E-state index contributed by atoms with van der Waals surface area (Å²) in [5.74, 6) is 3.52. The lowest BCUT2D eigenvalue weighted by atomic mass is 9.65. The minimum atomic E-state index is -0.695. The quantitative estimate of drug-likeness (QED) is 0.176. The zero-order valence-corrected chi connectivity index (χ0v) is 44.5. The highest BCUT2D eigenvalue weighted by Crippen LogP contribution is 2.66. The number of benzene rings is 10. The number of para-hydroxylation sites is 3. The molecule has 15 rings (SSSR count). The topological polar surface area (TPSA) is 21.7 Å². The van der Waals surface area contributed by atoms with Gasteiger partial charge in [-0.2, -0.15) is 0 Å². The maximum atomic E-state index is 7.17. The second-order valence-electron chi connectivity index (χ2n) is 24.4. The highest BCUT2D eigenvalue weighted by Gasteiger charge is 2.54. The maximum Gasteiger partial charge on any atom is 0.132 e. The van der Waals surface area contributed by atoms with E-state index in [-0.39, 0.29) is 16.2 Å². The van der Waals surface area contributed by atoms with E-state index >= 15 is 0 Å². The molecular formula is C73H59NO2. The van der Waals surface area contributed by atoms with Gasteiger partial charge in [0, 0.05) is 44.7 Å². The van der Waals surface area contributed by atoms with Crippen LogP contribution in [0.5, 0.6) is 23.0 Å². The molecule has 2 aliphatic heterocycles. The largest absolute Gasteiger partial charge is 0.457 e. The summed E-state index contributed by atoms with van der Waals surface area (Å²) < 4.78 is 14.0. The summed E-state index contributed by atoms with van der Waals surface area (Å²) in [6.07, 6.45) is 0. The van der Waals surface area contributed by atoms with Crippen LogP contribution < -0.4 is 14.4 Å². The van der Waals surface area contributed by atoms with E-state index < -0.39 is 10.8 Å². The maximum absolute atomic E-state index is 7.17. The molecule has 368 valence electrons. The van der Waals surface area contributed by atoms with Crippen molar-refractivity contribution >= 4 is 17.1 Å². The van der Waals surface area contributed by atoms with Gasteiger partial charge in [-0.25, -0.2) is 0 Å². The third kappa shape index (κ3) is 5.89.